The van der Waals surface area contributed by atoms with Crippen LogP contribution in [0.4, 0.5) is 0 Å². The Hall–Kier alpha value is -1.02. The molecular formula is C15H23NO. The first-order valence-corrected chi connectivity index (χ1v) is 6.73. The van der Waals surface area contributed by atoms with Gasteiger partial charge in [-0.2, -0.15) is 0 Å². The fraction of sp³-hybridized carbons (Fsp3) is 0.600. The summed E-state index contributed by atoms with van der Waals surface area (Å²) >= 11 is 0. The zero-order valence-electron chi connectivity index (χ0n) is 10.9. The minimum atomic E-state index is 0.409. The van der Waals surface area contributed by atoms with Gasteiger partial charge in [0, 0.05) is 12.5 Å². The zero-order valence-corrected chi connectivity index (χ0v) is 10.9. The summed E-state index contributed by atoms with van der Waals surface area (Å²) in [6.45, 7) is 5.50. The van der Waals surface area contributed by atoms with Crippen LogP contribution < -0.4 is 10.1 Å². The number of unbranched alkanes of at least 4 members (excludes halogenated alkanes) is 1. The number of nitrogens with one attached hydrogen (secondary N) is 1. The van der Waals surface area contributed by atoms with Gasteiger partial charge in [-0.05, 0) is 37.4 Å². The molecule has 0 bridgehead atoms. The fourth-order valence-corrected chi connectivity index (χ4v) is 2.30. The number of para-hydroxylation sites is 1. The molecular weight excluding hydrogens is 210 g/mol. The molecule has 1 aromatic carbocycles. The topological polar surface area (TPSA) is 21.3 Å². The van der Waals surface area contributed by atoms with Crippen molar-refractivity contribution >= 4 is 0 Å². The van der Waals surface area contributed by atoms with E-state index in [0.29, 0.717) is 12.1 Å². The smallest absolute Gasteiger partial charge is 0.123 e. The maximum Gasteiger partial charge on any atom is 0.123 e. The van der Waals surface area contributed by atoms with Crippen molar-refractivity contribution in [1.82, 2.24) is 5.32 Å². The van der Waals surface area contributed by atoms with E-state index in [-0.39, 0.29) is 0 Å². The van der Waals surface area contributed by atoms with Crippen molar-refractivity contribution in [3.63, 3.8) is 0 Å². The Morgan fingerprint density at radius 2 is 2.12 bits per heavy atom. The number of fused-ring (bicyclic) bond motifs is 1. The Kier molecular flexibility index (Phi) is 4.43. The van der Waals surface area contributed by atoms with Crippen LogP contribution in [0.2, 0.25) is 0 Å². The molecule has 1 aliphatic rings. The molecule has 2 heteroatoms. The molecule has 1 N–H and O–H groups in total. The summed E-state index contributed by atoms with van der Waals surface area (Å²) in [5.41, 5.74) is 1.37. The van der Waals surface area contributed by atoms with E-state index in [9.17, 15) is 0 Å². The van der Waals surface area contributed by atoms with Gasteiger partial charge in [-0.15, -0.1) is 0 Å². The van der Waals surface area contributed by atoms with Crippen molar-refractivity contribution in [3.05, 3.63) is 29.8 Å². The standard InChI is InChI=1S/C15H23NO/c1-12(2)16-10-6-5-8-14-11-13-7-3-4-9-15(13)17-14/h3-4,7,9,12,14,16H,5-6,8,10-11H2,1-2H3. The summed E-state index contributed by atoms with van der Waals surface area (Å²) in [6.07, 6.45) is 5.17. The average molecular weight is 233 g/mol. The van der Waals surface area contributed by atoms with Crippen LogP contribution in [0.25, 0.3) is 0 Å². The van der Waals surface area contributed by atoms with Crippen molar-refractivity contribution in [3.8, 4) is 5.75 Å². The van der Waals surface area contributed by atoms with Gasteiger partial charge in [0.1, 0.15) is 11.9 Å². The molecule has 1 aliphatic heterocycles. The van der Waals surface area contributed by atoms with Gasteiger partial charge in [0.25, 0.3) is 0 Å². The number of rotatable bonds is 6. The van der Waals surface area contributed by atoms with Crippen molar-refractivity contribution in [2.45, 2.75) is 51.7 Å². The van der Waals surface area contributed by atoms with E-state index in [1.165, 1.54) is 24.8 Å². The summed E-state index contributed by atoms with van der Waals surface area (Å²) in [5.74, 6) is 1.10. The van der Waals surface area contributed by atoms with Crippen molar-refractivity contribution in [2.75, 3.05) is 6.54 Å². The first kappa shape index (κ1) is 12.4. The van der Waals surface area contributed by atoms with Crippen LogP contribution in [0.15, 0.2) is 24.3 Å². The Morgan fingerprint density at radius 1 is 1.29 bits per heavy atom. The van der Waals surface area contributed by atoms with Gasteiger partial charge in [-0.25, -0.2) is 0 Å². The van der Waals surface area contributed by atoms with E-state index in [2.05, 4.69) is 37.4 Å². The lowest BCUT2D eigenvalue weighted by Gasteiger charge is -2.11. The molecule has 0 fully saturated rings. The Morgan fingerprint density at radius 3 is 2.88 bits per heavy atom. The summed E-state index contributed by atoms with van der Waals surface area (Å²) in [6, 6.07) is 9.00. The van der Waals surface area contributed by atoms with Gasteiger partial charge in [0.2, 0.25) is 0 Å². The van der Waals surface area contributed by atoms with E-state index >= 15 is 0 Å². The number of ether oxygens (including phenoxy) is 1. The molecule has 0 amide bonds. The third-order valence-corrected chi connectivity index (χ3v) is 3.22. The molecule has 1 aromatic rings. The average Bonchev–Trinajstić information content (AvgIpc) is 2.70. The van der Waals surface area contributed by atoms with E-state index in [4.69, 9.17) is 4.74 Å². The Labute approximate surface area is 104 Å². The molecule has 1 heterocycles. The highest BCUT2D eigenvalue weighted by atomic mass is 16.5. The quantitative estimate of drug-likeness (QED) is 0.762. The van der Waals surface area contributed by atoms with Crippen LogP contribution in [0.5, 0.6) is 5.75 Å². The lowest BCUT2D eigenvalue weighted by Crippen LogP contribution is -2.24. The minimum absolute atomic E-state index is 0.409. The van der Waals surface area contributed by atoms with Gasteiger partial charge in [0.05, 0.1) is 0 Å². The maximum atomic E-state index is 5.91. The van der Waals surface area contributed by atoms with Gasteiger partial charge in [-0.3, -0.25) is 0 Å². The van der Waals surface area contributed by atoms with Crippen LogP contribution in [-0.4, -0.2) is 18.7 Å². The highest BCUT2D eigenvalue weighted by Gasteiger charge is 2.21. The summed E-state index contributed by atoms with van der Waals surface area (Å²) in [4.78, 5) is 0. The second-order valence-electron chi connectivity index (χ2n) is 5.16. The number of benzene rings is 1. The summed E-state index contributed by atoms with van der Waals surface area (Å²) in [7, 11) is 0. The maximum absolute atomic E-state index is 5.91. The van der Waals surface area contributed by atoms with Crippen LogP contribution in [0.1, 0.15) is 38.7 Å². The number of hydrogen-bond donors (Lipinski definition) is 1. The predicted molar refractivity (Wildman–Crippen MR) is 71.6 cm³/mol. The first-order chi connectivity index (χ1) is 8.25. The minimum Gasteiger partial charge on any atom is -0.490 e. The largest absolute Gasteiger partial charge is 0.490 e. The molecule has 2 nitrogen and oxygen atoms in total. The summed E-state index contributed by atoms with van der Waals surface area (Å²) < 4.78 is 5.91. The molecule has 0 saturated heterocycles. The molecule has 0 saturated carbocycles. The molecule has 0 radical (unpaired) electrons. The lowest BCUT2D eigenvalue weighted by atomic mass is 10.1. The summed E-state index contributed by atoms with van der Waals surface area (Å²) in [5, 5.41) is 3.45. The highest BCUT2D eigenvalue weighted by Crippen LogP contribution is 2.29. The predicted octanol–water partition coefficient (Wildman–Crippen LogP) is 3.16. The monoisotopic (exact) mass is 233 g/mol. The molecule has 0 spiro atoms. The van der Waals surface area contributed by atoms with Crippen LogP contribution in [0.3, 0.4) is 0 Å². The van der Waals surface area contributed by atoms with E-state index < -0.39 is 0 Å². The van der Waals surface area contributed by atoms with Crippen LogP contribution >= 0.6 is 0 Å². The second kappa shape index (κ2) is 6.06. The molecule has 0 aromatic heterocycles. The SMILES string of the molecule is CC(C)NCCCCC1Cc2ccccc2O1. The van der Waals surface area contributed by atoms with Crippen molar-refractivity contribution < 1.29 is 4.74 Å². The van der Waals surface area contributed by atoms with E-state index in [0.717, 1.165) is 18.7 Å². The molecule has 2 rings (SSSR count). The van der Waals surface area contributed by atoms with Crippen molar-refractivity contribution in [1.29, 1.82) is 0 Å². The van der Waals surface area contributed by atoms with E-state index in [1.807, 2.05) is 6.07 Å². The third-order valence-electron chi connectivity index (χ3n) is 3.22. The van der Waals surface area contributed by atoms with Gasteiger partial charge >= 0.3 is 0 Å². The third kappa shape index (κ3) is 3.74. The molecule has 0 aliphatic carbocycles. The van der Waals surface area contributed by atoms with Crippen molar-refractivity contribution in [2.24, 2.45) is 0 Å². The molecule has 17 heavy (non-hydrogen) atoms. The Bertz CT molecular complexity index is 324. The zero-order chi connectivity index (χ0) is 12.1. The number of hydrogen-bond acceptors (Lipinski definition) is 2. The highest BCUT2D eigenvalue weighted by molar-refractivity contribution is 5.37. The molecule has 94 valence electrons. The van der Waals surface area contributed by atoms with Crippen LogP contribution in [0, 0.1) is 0 Å². The van der Waals surface area contributed by atoms with E-state index in [1.54, 1.807) is 0 Å². The fourth-order valence-electron chi connectivity index (χ4n) is 2.30. The van der Waals surface area contributed by atoms with Gasteiger partial charge in [0.15, 0.2) is 0 Å². The first-order valence-electron chi connectivity index (χ1n) is 6.73. The molecule has 1 atom stereocenters. The van der Waals surface area contributed by atoms with Crippen LogP contribution in [-0.2, 0) is 6.42 Å². The normalized spacial score (nSPS) is 18.2. The molecule has 1 unspecified atom stereocenters. The second-order valence-corrected chi connectivity index (χ2v) is 5.16. The lowest BCUT2D eigenvalue weighted by molar-refractivity contribution is 0.216. The van der Waals surface area contributed by atoms with Gasteiger partial charge in [-0.1, -0.05) is 32.0 Å². The Balaban J connectivity index is 1.63. The van der Waals surface area contributed by atoms with Gasteiger partial charge < -0.3 is 10.1 Å².